The third kappa shape index (κ3) is 7.37. The molecule has 4 aromatic rings. The first-order chi connectivity index (χ1) is 20.8. The maximum atomic E-state index is 11.1. The molecular formula is C33H30O10. The molecule has 0 bridgehead atoms. The van der Waals surface area contributed by atoms with Crippen molar-refractivity contribution in [3.8, 4) is 33.8 Å². The summed E-state index contributed by atoms with van der Waals surface area (Å²) in [5.41, 5.74) is 3.90. The molecule has 1 aliphatic heterocycles. The Kier molecular flexibility index (Phi) is 9.33. The van der Waals surface area contributed by atoms with Crippen molar-refractivity contribution in [1.29, 1.82) is 0 Å². The molecule has 0 unspecified atom stereocenters. The molecule has 1 saturated heterocycles. The molecular weight excluding hydrogens is 556 g/mol. The summed E-state index contributed by atoms with van der Waals surface area (Å²) in [6.07, 6.45) is -4.29. The second kappa shape index (κ2) is 13.5. The van der Waals surface area contributed by atoms with Crippen LogP contribution in [0.1, 0.15) is 20.7 Å². The zero-order valence-corrected chi connectivity index (χ0v) is 22.9. The molecule has 10 nitrogen and oxygen atoms in total. The summed E-state index contributed by atoms with van der Waals surface area (Å²) in [6.45, 7) is -0.236. The molecule has 1 fully saturated rings. The topological polar surface area (TPSA) is 152 Å². The van der Waals surface area contributed by atoms with E-state index in [9.17, 15) is 19.8 Å². The fraction of sp³-hybridized carbons (Fsp3) is 0.212. The van der Waals surface area contributed by atoms with Gasteiger partial charge in [-0.25, -0.2) is 9.59 Å². The largest absolute Gasteiger partial charge is 0.491 e. The van der Waals surface area contributed by atoms with E-state index in [2.05, 4.69) is 0 Å². The normalized spacial score (nSPS) is 20.1. The van der Waals surface area contributed by atoms with Gasteiger partial charge in [-0.3, -0.25) is 0 Å². The quantitative estimate of drug-likeness (QED) is 0.211. The lowest BCUT2D eigenvalue weighted by Gasteiger charge is -2.26. The van der Waals surface area contributed by atoms with E-state index in [1.165, 1.54) is 0 Å². The number of ether oxygens (including phenoxy) is 4. The van der Waals surface area contributed by atoms with Gasteiger partial charge in [-0.05, 0) is 70.8 Å². The third-order valence-corrected chi connectivity index (χ3v) is 7.14. The predicted octanol–water partition coefficient (Wildman–Crippen LogP) is 4.34. The number of rotatable bonds is 10. The summed E-state index contributed by atoms with van der Waals surface area (Å²) in [7, 11) is 0. The average Bonchev–Trinajstić information content (AvgIpc) is 3.17. The van der Waals surface area contributed by atoms with Crippen LogP contribution in [0.5, 0.6) is 11.5 Å². The van der Waals surface area contributed by atoms with Crippen LogP contribution in [0.4, 0.5) is 0 Å². The van der Waals surface area contributed by atoms with Crippen molar-refractivity contribution in [3.63, 3.8) is 0 Å². The van der Waals surface area contributed by atoms with E-state index < -0.39 is 36.4 Å². The van der Waals surface area contributed by atoms with E-state index >= 15 is 0 Å². The fourth-order valence-corrected chi connectivity index (χ4v) is 4.60. The van der Waals surface area contributed by atoms with Gasteiger partial charge in [-0.1, -0.05) is 48.5 Å². The monoisotopic (exact) mass is 586 g/mol. The van der Waals surface area contributed by atoms with Crippen molar-refractivity contribution in [2.75, 3.05) is 20.0 Å². The Bertz CT molecular complexity index is 1400. The number of aliphatic hydroxyl groups excluding tert-OH is 2. The summed E-state index contributed by atoms with van der Waals surface area (Å²) in [5, 5.41) is 39.7. The predicted molar refractivity (Wildman–Crippen MR) is 155 cm³/mol. The number of carbonyl (C=O) groups is 2. The molecule has 0 spiro atoms. The summed E-state index contributed by atoms with van der Waals surface area (Å²) >= 11 is 0. The molecule has 0 saturated carbocycles. The highest BCUT2D eigenvalue weighted by Gasteiger charge is 2.37. The minimum Gasteiger partial charge on any atom is -0.491 e. The van der Waals surface area contributed by atoms with Crippen LogP contribution in [0.3, 0.4) is 0 Å². The summed E-state index contributed by atoms with van der Waals surface area (Å²) < 4.78 is 22.8. The molecule has 0 aliphatic carbocycles. The number of benzene rings is 4. The van der Waals surface area contributed by atoms with Crippen LogP contribution < -0.4 is 9.47 Å². The molecule has 43 heavy (non-hydrogen) atoms. The van der Waals surface area contributed by atoms with E-state index in [1.54, 1.807) is 72.8 Å². The number of hydrogen-bond acceptors (Lipinski definition) is 8. The SMILES string of the molecule is O=C(O)c1ccc(-c2ccc(OC[C@H]3OCO[C@H](COc4ccc(-c5ccc(C(=O)O)cc5)cc4)[C@@H](O)[C@@H]3O)cc2)cc1. The molecule has 222 valence electrons. The molecule has 1 heterocycles. The van der Waals surface area contributed by atoms with Crippen molar-refractivity contribution in [3.05, 3.63) is 108 Å². The van der Waals surface area contributed by atoms with Gasteiger partial charge >= 0.3 is 11.9 Å². The van der Waals surface area contributed by atoms with Crippen molar-refractivity contribution in [2.24, 2.45) is 0 Å². The second-order valence-corrected chi connectivity index (χ2v) is 9.95. The van der Waals surface area contributed by atoms with Crippen LogP contribution in [-0.4, -0.2) is 76.8 Å². The van der Waals surface area contributed by atoms with E-state index in [0.717, 1.165) is 22.3 Å². The van der Waals surface area contributed by atoms with Gasteiger partial charge in [0.15, 0.2) is 0 Å². The van der Waals surface area contributed by atoms with Crippen LogP contribution in [0.15, 0.2) is 97.1 Å². The Morgan fingerprint density at radius 1 is 0.558 bits per heavy atom. The third-order valence-electron chi connectivity index (χ3n) is 7.14. The molecule has 4 aromatic carbocycles. The Morgan fingerprint density at radius 3 is 1.16 bits per heavy atom. The van der Waals surface area contributed by atoms with Gasteiger partial charge < -0.3 is 39.4 Å². The molecule has 5 rings (SSSR count). The standard InChI is InChI=1S/C33H30O10/c34-30-28(17-40-26-13-9-22(10-14-26)20-1-5-24(6-2-20)32(36)37)42-19-43-29(31(30)35)18-41-27-15-11-23(12-16-27)21-3-7-25(8-4-21)33(38)39/h1-16,28-31,34-35H,17-19H2,(H,36,37)(H,38,39)/t28-,29-,30-,31-/m1/s1. The Morgan fingerprint density at radius 2 is 0.860 bits per heavy atom. The van der Waals surface area contributed by atoms with Crippen molar-refractivity contribution < 1.29 is 49.0 Å². The van der Waals surface area contributed by atoms with Gasteiger partial charge in [0.1, 0.15) is 55.9 Å². The zero-order chi connectivity index (χ0) is 30.3. The Balaban J connectivity index is 1.12. The van der Waals surface area contributed by atoms with Gasteiger partial charge in [-0.2, -0.15) is 0 Å². The highest BCUT2D eigenvalue weighted by Crippen LogP contribution is 2.26. The molecule has 0 aromatic heterocycles. The number of aromatic carboxylic acids is 2. The van der Waals surface area contributed by atoms with Gasteiger partial charge in [0.05, 0.1) is 11.1 Å². The van der Waals surface area contributed by atoms with Crippen LogP contribution in [-0.2, 0) is 9.47 Å². The van der Waals surface area contributed by atoms with Crippen LogP contribution >= 0.6 is 0 Å². The number of aliphatic hydroxyl groups is 2. The molecule has 4 atom stereocenters. The number of carboxylic acids is 2. The summed E-state index contributed by atoms with van der Waals surface area (Å²) in [6, 6.07) is 27.5. The lowest BCUT2D eigenvalue weighted by molar-refractivity contribution is -0.119. The van der Waals surface area contributed by atoms with Crippen molar-refractivity contribution in [2.45, 2.75) is 24.4 Å². The minimum absolute atomic E-state index is 0.0310. The lowest BCUT2D eigenvalue weighted by atomic mass is 10.0. The highest BCUT2D eigenvalue weighted by molar-refractivity contribution is 5.89. The van der Waals surface area contributed by atoms with Gasteiger partial charge in [0.2, 0.25) is 0 Å². The molecule has 4 N–H and O–H groups in total. The van der Waals surface area contributed by atoms with E-state index in [1.807, 2.05) is 24.3 Å². The Hall–Kier alpha value is -4.74. The molecule has 1 aliphatic rings. The maximum absolute atomic E-state index is 11.1. The van der Waals surface area contributed by atoms with Crippen LogP contribution in [0.2, 0.25) is 0 Å². The van der Waals surface area contributed by atoms with Gasteiger partial charge in [-0.15, -0.1) is 0 Å². The zero-order valence-electron chi connectivity index (χ0n) is 22.9. The maximum Gasteiger partial charge on any atom is 0.335 e. The van der Waals surface area contributed by atoms with Gasteiger partial charge in [0.25, 0.3) is 0 Å². The Labute approximate surface area is 247 Å². The smallest absolute Gasteiger partial charge is 0.335 e. The number of hydrogen-bond donors (Lipinski definition) is 4. The second-order valence-electron chi connectivity index (χ2n) is 9.95. The first-order valence-electron chi connectivity index (χ1n) is 13.5. The highest BCUT2D eigenvalue weighted by atomic mass is 16.7. The van der Waals surface area contributed by atoms with E-state index in [0.29, 0.717) is 11.5 Å². The molecule has 0 amide bonds. The average molecular weight is 587 g/mol. The summed E-state index contributed by atoms with van der Waals surface area (Å²) in [4.78, 5) is 22.1. The first-order valence-corrected chi connectivity index (χ1v) is 13.5. The van der Waals surface area contributed by atoms with Gasteiger partial charge in [0, 0.05) is 0 Å². The van der Waals surface area contributed by atoms with Crippen LogP contribution in [0, 0.1) is 0 Å². The molecule has 10 heteroatoms. The minimum atomic E-state index is -1.29. The fourth-order valence-electron chi connectivity index (χ4n) is 4.60. The van der Waals surface area contributed by atoms with E-state index in [-0.39, 0.29) is 31.1 Å². The number of carboxylic acid groups (broad SMARTS) is 2. The lowest BCUT2D eigenvalue weighted by Crippen LogP contribution is -2.47. The van der Waals surface area contributed by atoms with Crippen molar-refractivity contribution in [1.82, 2.24) is 0 Å². The van der Waals surface area contributed by atoms with E-state index in [4.69, 9.17) is 29.2 Å². The summed E-state index contributed by atoms with van der Waals surface area (Å²) in [5.74, 6) is -0.907. The first kappa shape index (κ1) is 29.7. The van der Waals surface area contributed by atoms with Crippen molar-refractivity contribution >= 4 is 11.9 Å². The van der Waals surface area contributed by atoms with Crippen LogP contribution in [0.25, 0.3) is 22.3 Å². The molecule has 0 radical (unpaired) electrons.